The SMILES string of the molecule is CCC(C)(NC(=O)OCC1c2ccccc2-c2ccccc21)C(=O)NC[C@@H]1CCO[C@@H]1C(=O)O. The second-order valence-corrected chi connectivity index (χ2v) is 9.02. The molecule has 0 bridgehead atoms. The van der Waals surface area contributed by atoms with Gasteiger partial charge in [-0.25, -0.2) is 9.59 Å². The number of carbonyl (C=O) groups is 3. The van der Waals surface area contributed by atoms with E-state index in [1.165, 1.54) is 0 Å². The third-order valence-corrected chi connectivity index (χ3v) is 6.91. The summed E-state index contributed by atoms with van der Waals surface area (Å²) in [6.45, 7) is 4.09. The lowest BCUT2D eigenvalue weighted by Gasteiger charge is -2.29. The smallest absolute Gasteiger partial charge is 0.408 e. The summed E-state index contributed by atoms with van der Waals surface area (Å²) in [7, 11) is 0. The number of carboxylic acid groups (broad SMARTS) is 1. The van der Waals surface area contributed by atoms with Crippen LogP contribution in [0.3, 0.4) is 0 Å². The zero-order chi connectivity index (χ0) is 24.3. The van der Waals surface area contributed by atoms with Gasteiger partial charge in [-0.1, -0.05) is 55.5 Å². The fraction of sp³-hybridized carbons (Fsp3) is 0.423. The molecule has 2 aromatic carbocycles. The summed E-state index contributed by atoms with van der Waals surface area (Å²) in [6.07, 6.45) is -0.704. The molecular weight excluding hydrogens is 436 g/mol. The molecule has 4 rings (SSSR count). The Hall–Kier alpha value is -3.39. The van der Waals surface area contributed by atoms with Crippen molar-refractivity contribution in [3.05, 3.63) is 59.7 Å². The number of fused-ring (bicyclic) bond motifs is 3. The quantitative estimate of drug-likeness (QED) is 0.550. The molecule has 34 heavy (non-hydrogen) atoms. The maximum Gasteiger partial charge on any atom is 0.408 e. The van der Waals surface area contributed by atoms with Gasteiger partial charge in [0.05, 0.1) is 0 Å². The van der Waals surface area contributed by atoms with E-state index in [-0.39, 0.29) is 30.9 Å². The second kappa shape index (κ2) is 9.85. The highest BCUT2D eigenvalue weighted by Gasteiger charge is 2.38. The van der Waals surface area contributed by atoms with Crippen molar-refractivity contribution in [3.8, 4) is 11.1 Å². The predicted octanol–water partition coefficient (Wildman–Crippen LogP) is 3.30. The minimum atomic E-state index is -1.19. The highest BCUT2D eigenvalue weighted by molar-refractivity contribution is 5.89. The molecule has 0 spiro atoms. The van der Waals surface area contributed by atoms with Crippen molar-refractivity contribution in [1.29, 1.82) is 0 Å². The van der Waals surface area contributed by atoms with Crippen molar-refractivity contribution in [2.75, 3.05) is 19.8 Å². The van der Waals surface area contributed by atoms with Crippen molar-refractivity contribution < 1.29 is 29.0 Å². The Morgan fingerprint density at radius 3 is 2.29 bits per heavy atom. The molecule has 1 saturated heterocycles. The van der Waals surface area contributed by atoms with Gasteiger partial charge in [-0.15, -0.1) is 0 Å². The average Bonchev–Trinajstić information content (AvgIpc) is 3.44. The summed E-state index contributed by atoms with van der Waals surface area (Å²) in [6, 6.07) is 16.2. The lowest BCUT2D eigenvalue weighted by molar-refractivity contribution is -0.149. The Morgan fingerprint density at radius 2 is 1.71 bits per heavy atom. The number of alkyl carbamates (subject to hydrolysis) is 1. The van der Waals surface area contributed by atoms with Crippen LogP contribution in [0.4, 0.5) is 4.79 Å². The van der Waals surface area contributed by atoms with Crippen LogP contribution < -0.4 is 10.6 Å². The van der Waals surface area contributed by atoms with Gasteiger partial charge >= 0.3 is 12.1 Å². The van der Waals surface area contributed by atoms with E-state index in [1.54, 1.807) is 13.8 Å². The lowest BCUT2D eigenvalue weighted by Crippen LogP contribution is -2.57. The minimum absolute atomic E-state index is 0.0739. The van der Waals surface area contributed by atoms with Gasteiger partial charge in [0, 0.05) is 25.0 Å². The third kappa shape index (κ3) is 4.63. The standard InChI is InChI=1S/C26H30N2O6/c1-3-26(2,24(31)27-14-16-12-13-33-22(16)23(29)30)28-25(32)34-15-21-19-10-6-4-8-17(19)18-9-5-7-11-20(18)21/h4-11,16,21-22H,3,12-15H2,1-2H3,(H,27,31)(H,28,32)(H,29,30)/t16-,22-,26?/m0/s1. The maximum atomic E-state index is 12.9. The Morgan fingerprint density at radius 1 is 1.09 bits per heavy atom. The Labute approximate surface area is 198 Å². The highest BCUT2D eigenvalue weighted by atomic mass is 16.5. The number of benzene rings is 2. The van der Waals surface area contributed by atoms with Crippen LogP contribution in [0.15, 0.2) is 48.5 Å². The number of amides is 2. The number of nitrogens with one attached hydrogen (secondary N) is 2. The van der Waals surface area contributed by atoms with Crippen LogP contribution in [-0.2, 0) is 19.1 Å². The summed E-state index contributed by atoms with van der Waals surface area (Å²) in [4.78, 5) is 36.9. The number of hydrogen-bond acceptors (Lipinski definition) is 5. The minimum Gasteiger partial charge on any atom is -0.479 e. The molecule has 1 unspecified atom stereocenters. The van der Waals surface area contributed by atoms with Crippen LogP contribution in [0.5, 0.6) is 0 Å². The van der Waals surface area contributed by atoms with Crippen molar-refractivity contribution in [2.45, 2.75) is 44.2 Å². The number of carbonyl (C=O) groups excluding carboxylic acids is 2. The van der Waals surface area contributed by atoms with Crippen LogP contribution in [0, 0.1) is 5.92 Å². The van der Waals surface area contributed by atoms with Crippen LogP contribution in [0.25, 0.3) is 11.1 Å². The molecule has 180 valence electrons. The highest BCUT2D eigenvalue weighted by Crippen LogP contribution is 2.44. The van der Waals surface area contributed by atoms with Gasteiger partial charge in [-0.2, -0.15) is 0 Å². The van der Waals surface area contributed by atoms with E-state index in [0.717, 1.165) is 22.3 Å². The first kappa shape index (κ1) is 23.8. The van der Waals surface area contributed by atoms with Crippen LogP contribution in [0.1, 0.15) is 43.7 Å². The number of rotatable bonds is 8. The molecule has 1 fully saturated rings. The van der Waals surface area contributed by atoms with Gasteiger partial charge in [0.1, 0.15) is 12.1 Å². The third-order valence-electron chi connectivity index (χ3n) is 6.91. The van der Waals surface area contributed by atoms with E-state index in [1.807, 2.05) is 36.4 Å². The Bertz CT molecular complexity index is 1040. The zero-order valence-corrected chi connectivity index (χ0v) is 19.4. The Kier molecular flexibility index (Phi) is 6.88. The van der Waals surface area contributed by atoms with E-state index in [9.17, 15) is 19.5 Å². The van der Waals surface area contributed by atoms with Crippen molar-refractivity contribution in [1.82, 2.24) is 10.6 Å². The van der Waals surface area contributed by atoms with E-state index in [0.29, 0.717) is 19.4 Å². The molecule has 3 N–H and O–H groups in total. The first-order valence-electron chi connectivity index (χ1n) is 11.6. The molecule has 0 radical (unpaired) electrons. The maximum absolute atomic E-state index is 12.9. The molecule has 8 heteroatoms. The molecule has 2 aromatic rings. The number of hydrogen-bond donors (Lipinski definition) is 3. The monoisotopic (exact) mass is 466 g/mol. The van der Waals surface area contributed by atoms with Crippen molar-refractivity contribution >= 4 is 18.0 Å². The molecule has 0 saturated carbocycles. The first-order chi connectivity index (χ1) is 16.3. The number of ether oxygens (including phenoxy) is 2. The van der Waals surface area contributed by atoms with Crippen LogP contribution >= 0.6 is 0 Å². The van der Waals surface area contributed by atoms with Gasteiger partial charge in [0.15, 0.2) is 6.10 Å². The first-order valence-corrected chi connectivity index (χ1v) is 11.6. The molecule has 1 aliphatic carbocycles. The number of carboxylic acids is 1. The fourth-order valence-electron chi connectivity index (χ4n) is 4.70. The number of aliphatic carboxylic acids is 1. The molecule has 2 aliphatic rings. The van der Waals surface area contributed by atoms with E-state index < -0.39 is 23.7 Å². The molecule has 0 aromatic heterocycles. The lowest BCUT2D eigenvalue weighted by atomic mass is 9.96. The van der Waals surface area contributed by atoms with Gasteiger partial charge < -0.3 is 25.2 Å². The molecule has 1 heterocycles. The van der Waals surface area contributed by atoms with E-state index >= 15 is 0 Å². The molecule has 1 aliphatic heterocycles. The average molecular weight is 467 g/mol. The van der Waals surface area contributed by atoms with E-state index in [2.05, 4.69) is 22.8 Å². The normalized spacial score (nSPS) is 20.6. The zero-order valence-electron chi connectivity index (χ0n) is 19.4. The van der Waals surface area contributed by atoms with Gasteiger partial charge in [0.25, 0.3) is 0 Å². The van der Waals surface area contributed by atoms with E-state index in [4.69, 9.17) is 9.47 Å². The molecular formula is C26H30N2O6. The second-order valence-electron chi connectivity index (χ2n) is 9.02. The molecule has 8 nitrogen and oxygen atoms in total. The summed E-state index contributed by atoms with van der Waals surface area (Å²) in [5.74, 6) is -1.81. The van der Waals surface area contributed by atoms with Crippen molar-refractivity contribution in [2.24, 2.45) is 5.92 Å². The predicted molar refractivity (Wildman–Crippen MR) is 125 cm³/mol. The van der Waals surface area contributed by atoms with Crippen LogP contribution in [0.2, 0.25) is 0 Å². The molecule has 2 amide bonds. The molecule has 3 atom stereocenters. The summed E-state index contributed by atoms with van der Waals surface area (Å²) in [5, 5.41) is 14.7. The fourth-order valence-corrected chi connectivity index (χ4v) is 4.70. The largest absolute Gasteiger partial charge is 0.479 e. The summed E-state index contributed by atoms with van der Waals surface area (Å²) in [5.41, 5.74) is 3.31. The van der Waals surface area contributed by atoms with Crippen molar-refractivity contribution in [3.63, 3.8) is 0 Å². The Balaban J connectivity index is 1.36. The topological polar surface area (TPSA) is 114 Å². The van der Waals surface area contributed by atoms with Crippen LogP contribution in [-0.4, -0.2) is 54.5 Å². The summed E-state index contributed by atoms with van der Waals surface area (Å²) >= 11 is 0. The van der Waals surface area contributed by atoms with Gasteiger partial charge in [-0.3, -0.25) is 4.79 Å². The summed E-state index contributed by atoms with van der Waals surface area (Å²) < 4.78 is 10.8. The van der Waals surface area contributed by atoms with Gasteiger partial charge in [-0.05, 0) is 42.0 Å². The van der Waals surface area contributed by atoms with Gasteiger partial charge in [0.2, 0.25) is 5.91 Å².